The Kier molecular flexibility index (Phi) is 15.0. The number of hydrogen-bond donors (Lipinski definition) is 2. The largest absolute Gasteiger partial charge is 0.508 e. The van der Waals surface area contributed by atoms with Crippen molar-refractivity contribution in [2.45, 2.75) is 21.8 Å². The number of phenolic OH excluding ortho intramolecular Hbond substituents is 2. The lowest BCUT2D eigenvalue weighted by Crippen LogP contribution is -1.98. The third kappa shape index (κ3) is 9.67. The monoisotopic (exact) mass is 584 g/mol. The summed E-state index contributed by atoms with van der Waals surface area (Å²) in [4.78, 5) is 0. The minimum atomic E-state index is 0. The van der Waals surface area contributed by atoms with Gasteiger partial charge in [0.15, 0.2) is 41.3 Å². The number of hydrogen-bond acceptors (Lipinski definition) is 11. The van der Waals surface area contributed by atoms with Gasteiger partial charge in [0.05, 0.1) is 0 Å². The van der Waals surface area contributed by atoms with E-state index in [0.29, 0.717) is 40.6 Å². The van der Waals surface area contributed by atoms with Crippen molar-refractivity contribution in [1.82, 2.24) is 0 Å². The van der Waals surface area contributed by atoms with Crippen molar-refractivity contribution in [3.63, 3.8) is 0 Å². The third-order valence-corrected chi connectivity index (χ3v) is 5.13. The number of fused-ring (bicyclic) bond motifs is 3. The molecule has 11 nitrogen and oxygen atoms in total. The van der Waals surface area contributed by atoms with Gasteiger partial charge >= 0.3 is 0 Å². The van der Waals surface area contributed by atoms with E-state index in [1.807, 2.05) is 12.1 Å². The van der Waals surface area contributed by atoms with Crippen molar-refractivity contribution in [3.8, 4) is 51.7 Å². The van der Waals surface area contributed by atoms with Crippen LogP contribution in [0.15, 0.2) is 48.5 Å². The van der Waals surface area contributed by atoms with E-state index in [9.17, 15) is 5.11 Å². The van der Waals surface area contributed by atoms with Crippen molar-refractivity contribution in [2.24, 2.45) is 0 Å². The molecule has 0 aliphatic carbocycles. The van der Waals surface area contributed by atoms with E-state index in [1.54, 1.807) is 51.5 Å². The Morgan fingerprint density at radius 2 is 1.23 bits per heavy atom. The molecule has 12 heteroatoms. The average Bonchev–Trinajstić information content (AvgIpc) is 3.71. The summed E-state index contributed by atoms with van der Waals surface area (Å²) in [6, 6.07) is 13.8. The van der Waals surface area contributed by atoms with Crippen molar-refractivity contribution < 1.29 is 52.8 Å². The summed E-state index contributed by atoms with van der Waals surface area (Å²) in [6.45, 7) is 2.81. The Morgan fingerprint density at radius 1 is 0.700 bits per heavy atom. The van der Waals surface area contributed by atoms with Gasteiger partial charge in [-0.3, -0.25) is 0 Å². The van der Waals surface area contributed by atoms with E-state index in [1.165, 1.54) is 6.07 Å². The Bertz CT molecular complexity index is 1170. The lowest BCUT2D eigenvalue weighted by atomic mass is 10.2. The quantitative estimate of drug-likeness (QED) is 0.275. The topological polar surface area (TPSA) is 124 Å². The summed E-state index contributed by atoms with van der Waals surface area (Å²) in [7, 11) is 3.12. The van der Waals surface area contributed by atoms with Gasteiger partial charge in [-0.15, -0.1) is 0 Å². The predicted molar refractivity (Wildman–Crippen MR) is 149 cm³/mol. The Balaban J connectivity index is 0.000000276. The van der Waals surface area contributed by atoms with Crippen molar-refractivity contribution in [1.29, 1.82) is 0 Å². The van der Waals surface area contributed by atoms with Gasteiger partial charge in [0.2, 0.25) is 20.4 Å². The summed E-state index contributed by atoms with van der Waals surface area (Å²) < 4.78 is 44.9. The fourth-order valence-electron chi connectivity index (χ4n) is 3.08. The number of halogens is 1. The van der Waals surface area contributed by atoms with E-state index < -0.39 is 0 Å². The lowest BCUT2D eigenvalue weighted by Gasteiger charge is -2.04. The maximum absolute atomic E-state index is 9.25. The predicted octanol–water partition coefficient (Wildman–Crippen LogP) is 6.05. The summed E-state index contributed by atoms with van der Waals surface area (Å²) in [5.41, 5.74) is 0.736. The van der Waals surface area contributed by atoms with Crippen molar-refractivity contribution >= 4 is 11.6 Å². The zero-order valence-corrected chi connectivity index (χ0v) is 21.9. The van der Waals surface area contributed by atoms with E-state index in [2.05, 4.69) is 4.74 Å². The second-order valence-electron chi connectivity index (χ2n) is 7.44. The molecule has 0 saturated carbocycles. The van der Waals surface area contributed by atoms with Crippen LogP contribution < -0.4 is 33.2 Å². The number of methoxy groups -OCH3 is 2. The van der Waals surface area contributed by atoms with Crippen LogP contribution in [0.4, 0.5) is 0 Å². The maximum atomic E-state index is 9.25. The molecule has 0 atom stereocenters. The molecule has 40 heavy (non-hydrogen) atoms. The molecule has 3 aromatic rings. The van der Waals surface area contributed by atoms with Gasteiger partial charge in [0.1, 0.15) is 23.3 Å². The highest BCUT2D eigenvalue weighted by Crippen LogP contribution is 2.39. The molecule has 0 bridgehead atoms. The molecular formula is C28H37ClO11. The SMILES string of the molecule is C.C.COCCl.COCOc1ccc2c(c1)OCO2.Cc1c(O)ccc2c1OCO2.Oc1ccc2c(c1)OCO2. The van der Waals surface area contributed by atoms with E-state index in [4.69, 9.17) is 54.6 Å². The fourth-order valence-corrected chi connectivity index (χ4v) is 3.08. The molecule has 0 radical (unpaired) electrons. The van der Waals surface area contributed by atoms with Gasteiger partial charge in [0, 0.05) is 31.9 Å². The molecule has 0 aromatic heterocycles. The molecule has 0 saturated heterocycles. The summed E-state index contributed by atoms with van der Waals surface area (Å²) >= 11 is 4.96. The maximum Gasteiger partial charge on any atom is 0.231 e. The van der Waals surface area contributed by atoms with Gasteiger partial charge in [-0.05, 0) is 43.3 Å². The van der Waals surface area contributed by atoms with Gasteiger partial charge in [-0.2, -0.15) is 0 Å². The first-order valence-corrected chi connectivity index (χ1v) is 11.7. The number of rotatable bonds is 4. The van der Waals surface area contributed by atoms with Crippen LogP contribution >= 0.6 is 11.6 Å². The van der Waals surface area contributed by atoms with Crippen LogP contribution in [0.5, 0.6) is 51.7 Å². The van der Waals surface area contributed by atoms with E-state index >= 15 is 0 Å². The fraction of sp³-hybridized carbons (Fsp3) is 0.357. The first kappa shape index (κ1) is 34.1. The van der Waals surface area contributed by atoms with Gasteiger partial charge in [-0.25, -0.2) is 0 Å². The van der Waals surface area contributed by atoms with Crippen LogP contribution in [0.1, 0.15) is 20.4 Å². The molecule has 6 rings (SSSR count). The standard InChI is InChI=1S/C9H10O4.C8H8O3.C7H6O3.C2H5ClO.2CH4/c1-10-5-11-7-2-3-8-9(4-7)13-6-12-8;1-5-6(9)2-3-7-8(5)11-4-10-7;8-5-1-2-6-7(3-5)10-4-9-6;1-4-2-3;;/h2-4H,5-6H2,1H3;2-3,9H,4H2,1H3;1-3,8H,4H2;2H2,1H3;2*1H4. The van der Waals surface area contributed by atoms with Crippen LogP contribution in [-0.2, 0) is 9.47 Å². The molecule has 3 heterocycles. The van der Waals surface area contributed by atoms with Crippen molar-refractivity contribution in [2.75, 3.05) is 47.5 Å². The van der Waals surface area contributed by atoms with Gasteiger partial charge in [0.25, 0.3) is 0 Å². The van der Waals surface area contributed by atoms with Crippen LogP contribution in [-0.4, -0.2) is 57.7 Å². The number of ether oxygens (including phenoxy) is 9. The molecule has 0 unspecified atom stereocenters. The molecule has 3 aliphatic heterocycles. The number of phenols is 2. The second-order valence-corrected chi connectivity index (χ2v) is 7.66. The van der Waals surface area contributed by atoms with E-state index in [-0.39, 0.29) is 53.5 Å². The highest BCUT2D eigenvalue weighted by Gasteiger charge is 2.17. The molecule has 222 valence electrons. The number of benzene rings is 3. The lowest BCUT2D eigenvalue weighted by molar-refractivity contribution is 0.0510. The summed E-state index contributed by atoms with van der Waals surface area (Å²) in [5.74, 6) is 5.30. The van der Waals surface area contributed by atoms with Gasteiger partial charge < -0.3 is 52.8 Å². The molecule has 3 aliphatic rings. The zero-order chi connectivity index (χ0) is 27.3. The van der Waals surface area contributed by atoms with Crippen LogP contribution in [0.25, 0.3) is 0 Å². The highest BCUT2D eigenvalue weighted by atomic mass is 35.5. The Morgan fingerprint density at radius 3 is 1.85 bits per heavy atom. The minimum Gasteiger partial charge on any atom is -0.508 e. The third-order valence-electron chi connectivity index (χ3n) is 4.91. The smallest absolute Gasteiger partial charge is 0.231 e. The highest BCUT2D eigenvalue weighted by molar-refractivity contribution is 6.17. The molecular weight excluding hydrogens is 548 g/mol. The molecule has 0 spiro atoms. The van der Waals surface area contributed by atoms with Crippen molar-refractivity contribution in [3.05, 3.63) is 54.1 Å². The molecule has 2 N–H and O–H groups in total. The minimum absolute atomic E-state index is 0. The second kappa shape index (κ2) is 17.6. The first-order valence-electron chi connectivity index (χ1n) is 11.2. The first-order chi connectivity index (χ1) is 18.5. The van der Waals surface area contributed by atoms with Crippen LogP contribution in [0.3, 0.4) is 0 Å². The van der Waals surface area contributed by atoms with Gasteiger partial charge in [-0.1, -0.05) is 26.5 Å². The molecule has 3 aromatic carbocycles. The molecule has 0 fully saturated rings. The Hall–Kier alpha value is -3.93. The van der Waals surface area contributed by atoms with Crippen LogP contribution in [0, 0.1) is 6.92 Å². The average molecular weight is 585 g/mol. The number of aromatic hydroxyl groups is 2. The normalized spacial score (nSPS) is 12.1. The summed E-state index contributed by atoms with van der Waals surface area (Å²) in [6.07, 6.45) is 0. The number of alkyl halides is 1. The Labute approximate surface area is 239 Å². The summed E-state index contributed by atoms with van der Waals surface area (Å²) in [5, 5.41) is 18.2. The molecule has 0 amide bonds. The zero-order valence-electron chi connectivity index (χ0n) is 21.1. The van der Waals surface area contributed by atoms with E-state index in [0.717, 1.165) is 11.3 Å². The van der Waals surface area contributed by atoms with Crippen LogP contribution in [0.2, 0.25) is 0 Å².